The van der Waals surface area contributed by atoms with Crippen molar-refractivity contribution >= 4 is 50.7 Å². The Morgan fingerprint density at radius 3 is 2.18 bits per heavy atom. The highest BCUT2D eigenvalue weighted by Crippen LogP contribution is 2.27. The number of benzene rings is 3. The van der Waals surface area contributed by atoms with Gasteiger partial charge < -0.3 is 15.0 Å². The van der Waals surface area contributed by atoms with Gasteiger partial charge in [0.1, 0.15) is 18.3 Å². The molecular formula is C28H31Cl2N3O5S. The second-order valence-electron chi connectivity index (χ2n) is 8.86. The monoisotopic (exact) mass is 591 g/mol. The van der Waals surface area contributed by atoms with Gasteiger partial charge in [0.25, 0.3) is 10.0 Å². The van der Waals surface area contributed by atoms with Crippen molar-refractivity contribution in [2.75, 3.05) is 24.5 Å². The van der Waals surface area contributed by atoms with Gasteiger partial charge in [-0.25, -0.2) is 8.42 Å². The molecule has 0 aliphatic heterocycles. The normalized spacial score (nSPS) is 11.9. The molecule has 0 heterocycles. The molecule has 0 aromatic heterocycles. The van der Waals surface area contributed by atoms with Crippen LogP contribution >= 0.6 is 23.2 Å². The molecule has 3 aromatic rings. The van der Waals surface area contributed by atoms with E-state index >= 15 is 0 Å². The van der Waals surface area contributed by atoms with E-state index in [2.05, 4.69) is 5.32 Å². The first-order valence-corrected chi connectivity index (χ1v) is 14.4. The lowest BCUT2D eigenvalue weighted by atomic mass is 10.1. The van der Waals surface area contributed by atoms with E-state index in [0.29, 0.717) is 33.6 Å². The van der Waals surface area contributed by atoms with Crippen LogP contribution in [0.1, 0.15) is 25.0 Å². The molecule has 0 unspecified atom stereocenters. The maximum absolute atomic E-state index is 13.8. The number of hydrogen-bond donors (Lipinski definition) is 1. The summed E-state index contributed by atoms with van der Waals surface area (Å²) in [4.78, 5) is 27.9. The fourth-order valence-electron chi connectivity index (χ4n) is 3.85. The van der Waals surface area contributed by atoms with Gasteiger partial charge in [0.05, 0.1) is 27.7 Å². The van der Waals surface area contributed by atoms with E-state index in [1.165, 1.54) is 36.3 Å². The molecule has 208 valence electrons. The summed E-state index contributed by atoms with van der Waals surface area (Å²) in [5.41, 5.74) is 1.87. The molecule has 2 amide bonds. The third kappa shape index (κ3) is 7.44. The first-order valence-electron chi connectivity index (χ1n) is 12.2. The Kier molecular flexibility index (Phi) is 10.2. The average Bonchev–Trinajstić information content (AvgIpc) is 2.92. The molecule has 11 heteroatoms. The van der Waals surface area contributed by atoms with Crippen molar-refractivity contribution in [2.45, 2.75) is 38.3 Å². The number of likely N-dealkylation sites (N-methyl/N-ethyl adjacent to an activating group) is 1. The molecule has 0 radical (unpaired) electrons. The Hall–Kier alpha value is -3.27. The summed E-state index contributed by atoms with van der Waals surface area (Å²) < 4.78 is 33.8. The zero-order valence-corrected chi connectivity index (χ0v) is 24.5. The molecule has 3 rings (SSSR count). The summed E-state index contributed by atoms with van der Waals surface area (Å²) in [5, 5.41) is 3.38. The van der Waals surface area contributed by atoms with Gasteiger partial charge >= 0.3 is 0 Å². The smallest absolute Gasteiger partial charge is 0.264 e. The van der Waals surface area contributed by atoms with E-state index in [1.54, 1.807) is 56.3 Å². The number of hydrogen-bond acceptors (Lipinski definition) is 5. The number of amides is 2. The largest absolute Gasteiger partial charge is 0.497 e. The molecule has 3 aromatic carbocycles. The number of carbonyl (C=O) groups excluding carboxylic acids is 2. The summed E-state index contributed by atoms with van der Waals surface area (Å²) in [6, 6.07) is 16.7. The van der Waals surface area contributed by atoms with E-state index in [-0.39, 0.29) is 17.3 Å². The Morgan fingerprint density at radius 1 is 0.974 bits per heavy atom. The Balaban J connectivity index is 2.03. The Labute approximate surface area is 239 Å². The number of nitrogens with zero attached hydrogens (tertiary/aromatic N) is 2. The van der Waals surface area contributed by atoms with Gasteiger partial charge in [0, 0.05) is 13.1 Å². The van der Waals surface area contributed by atoms with Crippen molar-refractivity contribution in [3.8, 4) is 5.75 Å². The number of ether oxygens (including phenoxy) is 1. The van der Waals surface area contributed by atoms with Crippen LogP contribution in [0, 0.1) is 6.92 Å². The number of anilines is 1. The molecule has 39 heavy (non-hydrogen) atoms. The number of rotatable bonds is 11. The lowest BCUT2D eigenvalue weighted by Gasteiger charge is -2.32. The molecule has 8 nitrogen and oxygen atoms in total. The first-order chi connectivity index (χ1) is 18.5. The summed E-state index contributed by atoms with van der Waals surface area (Å²) in [6.45, 7) is 5.09. The molecule has 0 spiro atoms. The number of aryl methyl sites for hydroxylation is 1. The summed E-state index contributed by atoms with van der Waals surface area (Å²) in [6.07, 6.45) is 0. The highest BCUT2D eigenvalue weighted by molar-refractivity contribution is 7.92. The Bertz CT molecular complexity index is 1410. The molecular weight excluding hydrogens is 561 g/mol. The maximum Gasteiger partial charge on any atom is 0.264 e. The van der Waals surface area contributed by atoms with E-state index in [4.69, 9.17) is 27.9 Å². The van der Waals surface area contributed by atoms with Crippen molar-refractivity contribution in [3.63, 3.8) is 0 Å². The predicted octanol–water partition coefficient (Wildman–Crippen LogP) is 5.06. The van der Waals surface area contributed by atoms with Gasteiger partial charge in [-0.05, 0) is 74.9 Å². The van der Waals surface area contributed by atoms with Crippen molar-refractivity contribution < 1.29 is 22.7 Å². The fraction of sp³-hybridized carbons (Fsp3) is 0.286. The number of halogens is 2. The third-order valence-corrected chi connectivity index (χ3v) is 8.63. The van der Waals surface area contributed by atoms with Crippen molar-refractivity contribution in [3.05, 3.63) is 87.9 Å². The fourth-order valence-corrected chi connectivity index (χ4v) is 5.59. The minimum absolute atomic E-state index is 0.00974. The molecule has 0 saturated heterocycles. The average molecular weight is 593 g/mol. The van der Waals surface area contributed by atoms with Crippen LogP contribution in [-0.4, -0.2) is 51.4 Å². The van der Waals surface area contributed by atoms with Crippen molar-refractivity contribution in [1.29, 1.82) is 0 Å². The molecule has 0 aliphatic carbocycles. The second kappa shape index (κ2) is 13.2. The van der Waals surface area contributed by atoms with Gasteiger partial charge in [-0.3, -0.25) is 13.9 Å². The molecule has 0 bridgehead atoms. The van der Waals surface area contributed by atoms with E-state index in [0.717, 1.165) is 9.87 Å². The summed E-state index contributed by atoms with van der Waals surface area (Å²) >= 11 is 12.2. The molecule has 1 atom stereocenters. The van der Waals surface area contributed by atoms with Crippen LogP contribution in [0.4, 0.5) is 5.69 Å². The van der Waals surface area contributed by atoms with E-state index in [9.17, 15) is 18.0 Å². The third-order valence-electron chi connectivity index (χ3n) is 6.10. The quantitative estimate of drug-likeness (QED) is 0.336. The lowest BCUT2D eigenvalue weighted by Crippen LogP contribution is -2.51. The zero-order valence-electron chi connectivity index (χ0n) is 22.1. The van der Waals surface area contributed by atoms with Gasteiger partial charge in [-0.2, -0.15) is 0 Å². The summed E-state index contributed by atoms with van der Waals surface area (Å²) in [5.74, 6) is -0.446. The Morgan fingerprint density at radius 2 is 1.62 bits per heavy atom. The van der Waals surface area contributed by atoms with Gasteiger partial charge in [-0.15, -0.1) is 0 Å². The van der Waals surface area contributed by atoms with Crippen LogP contribution in [0.15, 0.2) is 71.6 Å². The van der Waals surface area contributed by atoms with Crippen LogP contribution in [-0.2, 0) is 26.2 Å². The predicted molar refractivity (Wildman–Crippen MR) is 154 cm³/mol. The minimum Gasteiger partial charge on any atom is -0.497 e. The van der Waals surface area contributed by atoms with Crippen molar-refractivity contribution in [2.24, 2.45) is 0 Å². The van der Waals surface area contributed by atoms with Gasteiger partial charge in [-0.1, -0.05) is 47.0 Å². The van der Waals surface area contributed by atoms with E-state index < -0.39 is 28.5 Å². The van der Waals surface area contributed by atoms with Gasteiger partial charge in [0.2, 0.25) is 11.8 Å². The maximum atomic E-state index is 13.8. The van der Waals surface area contributed by atoms with Crippen LogP contribution in [0.3, 0.4) is 0 Å². The lowest BCUT2D eigenvalue weighted by molar-refractivity contribution is -0.139. The number of sulfonamides is 1. The number of carbonyl (C=O) groups is 2. The SMILES string of the molecule is CCNC(=O)[C@H](C)N(Cc1ccc(Cl)c(Cl)c1)C(=O)CN(c1ccc(C)cc1)S(=O)(=O)c1ccc(OC)cc1. The van der Waals surface area contributed by atoms with E-state index in [1.807, 2.05) is 6.92 Å². The second-order valence-corrected chi connectivity index (χ2v) is 11.5. The van der Waals surface area contributed by atoms with Crippen molar-refractivity contribution in [1.82, 2.24) is 10.2 Å². The van der Waals surface area contributed by atoms with Crippen LogP contribution < -0.4 is 14.4 Å². The minimum atomic E-state index is -4.17. The highest BCUT2D eigenvalue weighted by Gasteiger charge is 2.32. The topological polar surface area (TPSA) is 96.0 Å². The number of methoxy groups -OCH3 is 1. The molecule has 0 aliphatic rings. The van der Waals surface area contributed by atoms with Gasteiger partial charge in [0.15, 0.2) is 0 Å². The zero-order chi connectivity index (χ0) is 28.7. The molecule has 0 saturated carbocycles. The molecule has 1 N–H and O–H groups in total. The van der Waals surface area contributed by atoms with Crippen LogP contribution in [0.5, 0.6) is 5.75 Å². The summed E-state index contributed by atoms with van der Waals surface area (Å²) in [7, 11) is -2.69. The molecule has 0 fully saturated rings. The van der Waals surface area contributed by atoms with Crippen LogP contribution in [0.25, 0.3) is 0 Å². The number of nitrogens with one attached hydrogen (secondary N) is 1. The van der Waals surface area contributed by atoms with Crippen LogP contribution in [0.2, 0.25) is 10.0 Å². The highest BCUT2D eigenvalue weighted by atomic mass is 35.5. The standard InChI is InChI=1S/C28H31Cl2N3O5S/c1-5-31-28(35)20(3)32(17-21-8-15-25(29)26(30)16-21)27(34)18-33(22-9-6-19(2)7-10-22)39(36,37)24-13-11-23(38-4)12-14-24/h6-16,20H,5,17-18H2,1-4H3,(H,31,35)/t20-/m0/s1. The first kappa shape index (κ1) is 30.3.